The second kappa shape index (κ2) is 3.60. The summed E-state index contributed by atoms with van der Waals surface area (Å²) in [5.74, 6) is -0.0405. The molecule has 0 unspecified atom stereocenters. The minimum atomic E-state index is -0.0405. The van der Waals surface area contributed by atoms with E-state index in [1.165, 1.54) is 0 Å². The third-order valence-electron chi connectivity index (χ3n) is 2.76. The zero-order valence-corrected chi connectivity index (χ0v) is 10.2. The van der Waals surface area contributed by atoms with Crippen molar-refractivity contribution in [1.82, 2.24) is 4.98 Å². The largest absolute Gasteiger partial charge is 0.296 e. The van der Waals surface area contributed by atoms with Crippen molar-refractivity contribution >= 4 is 28.0 Å². The number of hydrogen-bond acceptors (Lipinski definition) is 3. The molecule has 0 fully saturated rings. The van der Waals surface area contributed by atoms with Gasteiger partial charge in [0.25, 0.3) is 0 Å². The topological polar surface area (TPSA) is 47.0 Å². The van der Waals surface area contributed by atoms with Crippen LogP contribution in [0, 0.1) is 0 Å². The number of fused-ring (bicyclic) bond motifs is 3. The molecule has 0 saturated carbocycles. The molecule has 2 aromatic rings. The van der Waals surface area contributed by atoms with Gasteiger partial charge in [-0.05, 0) is 24.3 Å². The van der Waals surface area contributed by atoms with Crippen molar-refractivity contribution < 1.29 is 9.59 Å². The Hall–Kier alpha value is -1.81. The highest BCUT2D eigenvalue weighted by Crippen LogP contribution is 2.36. The summed E-state index contributed by atoms with van der Waals surface area (Å²) in [6, 6.07) is 8.69. The summed E-state index contributed by atoms with van der Waals surface area (Å²) in [6.45, 7) is 0. The van der Waals surface area contributed by atoms with E-state index in [1.807, 2.05) is 12.1 Å². The summed E-state index contributed by atoms with van der Waals surface area (Å²) in [4.78, 5) is 27.0. The van der Waals surface area contributed by atoms with Gasteiger partial charge in [-0.15, -0.1) is 0 Å². The van der Waals surface area contributed by atoms with E-state index in [1.54, 1.807) is 18.2 Å². The second-order valence-corrected chi connectivity index (χ2v) is 4.68. The SMILES string of the molecule is O=Cc1ccc2c(n1)-c1ccc(Br)cc1C2=O. The summed E-state index contributed by atoms with van der Waals surface area (Å²) in [5, 5.41) is 0. The van der Waals surface area contributed by atoms with Crippen molar-refractivity contribution in [1.29, 1.82) is 0 Å². The fourth-order valence-electron chi connectivity index (χ4n) is 1.98. The number of nitrogens with zero attached hydrogens (tertiary/aromatic N) is 1. The number of aldehydes is 1. The molecule has 4 heteroatoms. The highest BCUT2D eigenvalue weighted by molar-refractivity contribution is 9.10. The molecule has 1 aliphatic rings. The zero-order valence-electron chi connectivity index (χ0n) is 8.61. The third-order valence-corrected chi connectivity index (χ3v) is 3.26. The van der Waals surface area contributed by atoms with Gasteiger partial charge in [-0.1, -0.05) is 22.0 Å². The van der Waals surface area contributed by atoms with Gasteiger partial charge >= 0.3 is 0 Å². The van der Waals surface area contributed by atoms with Gasteiger partial charge in [0.2, 0.25) is 0 Å². The number of hydrogen-bond donors (Lipinski definition) is 0. The molecule has 17 heavy (non-hydrogen) atoms. The lowest BCUT2D eigenvalue weighted by molar-refractivity contribution is 0.104. The van der Waals surface area contributed by atoms with Gasteiger partial charge in [-0.3, -0.25) is 9.59 Å². The lowest BCUT2D eigenvalue weighted by atomic mass is 10.1. The maximum Gasteiger partial charge on any atom is 0.195 e. The van der Waals surface area contributed by atoms with Gasteiger partial charge in [0.1, 0.15) is 5.69 Å². The fourth-order valence-corrected chi connectivity index (χ4v) is 2.35. The zero-order chi connectivity index (χ0) is 12.0. The van der Waals surface area contributed by atoms with Crippen molar-refractivity contribution in [2.24, 2.45) is 0 Å². The summed E-state index contributed by atoms with van der Waals surface area (Å²) in [6.07, 6.45) is 0.682. The summed E-state index contributed by atoms with van der Waals surface area (Å²) in [5.41, 5.74) is 2.92. The average Bonchev–Trinajstić information content (AvgIpc) is 2.62. The number of pyridine rings is 1. The molecule has 1 aliphatic carbocycles. The summed E-state index contributed by atoms with van der Waals surface area (Å²) in [7, 11) is 0. The van der Waals surface area contributed by atoms with Gasteiger partial charge in [0.15, 0.2) is 12.1 Å². The predicted octanol–water partition coefficient (Wildman–Crippen LogP) is 2.87. The normalized spacial score (nSPS) is 12.2. The van der Waals surface area contributed by atoms with Crippen molar-refractivity contribution in [3.8, 4) is 11.3 Å². The third kappa shape index (κ3) is 1.45. The molecule has 3 rings (SSSR count). The van der Waals surface area contributed by atoms with Crippen LogP contribution in [0.1, 0.15) is 26.4 Å². The molecule has 0 atom stereocenters. The van der Waals surface area contributed by atoms with Crippen LogP contribution >= 0.6 is 15.9 Å². The molecule has 0 amide bonds. The molecular formula is C13H6BrNO2. The minimum absolute atomic E-state index is 0.0405. The first-order valence-corrected chi connectivity index (χ1v) is 5.81. The highest BCUT2D eigenvalue weighted by Gasteiger charge is 2.28. The molecule has 1 heterocycles. The van der Waals surface area contributed by atoms with E-state index in [0.717, 1.165) is 10.0 Å². The van der Waals surface area contributed by atoms with E-state index in [2.05, 4.69) is 20.9 Å². The van der Waals surface area contributed by atoms with E-state index in [-0.39, 0.29) is 5.78 Å². The first-order chi connectivity index (χ1) is 8.20. The van der Waals surface area contributed by atoms with E-state index in [9.17, 15) is 9.59 Å². The van der Waals surface area contributed by atoms with Crippen LogP contribution in [0.25, 0.3) is 11.3 Å². The van der Waals surface area contributed by atoms with Crippen molar-refractivity contribution in [3.05, 3.63) is 51.6 Å². The van der Waals surface area contributed by atoms with Gasteiger partial charge in [-0.2, -0.15) is 0 Å². The quantitative estimate of drug-likeness (QED) is 0.647. The number of aromatic nitrogens is 1. The highest BCUT2D eigenvalue weighted by atomic mass is 79.9. The van der Waals surface area contributed by atoms with Crippen LogP contribution < -0.4 is 0 Å². The number of halogens is 1. The van der Waals surface area contributed by atoms with Crippen molar-refractivity contribution in [3.63, 3.8) is 0 Å². The molecule has 1 aromatic carbocycles. The minimum Gasteiger partial charge on any atom is -0.296 e. The molecule has 3 nitrogen and oxygen atoms in total. The van der Waals surface area contributed by atoms with Gasteiger partial charge < -0.3 is 0 Å². The Labute approximate surface area is 106 Å². The monoisotopic (exact) mass is 287 g/mol. The number of ketones is 1. The van der Waals surface area contributed by atoms with Crippen LogP contribution in [-0.4, -0.2) is 17.1 Å². The van der Waals surface area contributed by atoms with E-state index in [4.69, 9.17) is 0 Å². The summed E-state index contributed by atoms with van der Waals surface area (Å²) >= 11 is 3.34. The van der Waals surface area contributed by atoms with Crippen LogP contribution in [0.15, 0.2) is 34.8 Å². The molecule has 82 valence electrons. The van der Waals surface area contributed by atoms with Gasteiger partial charge in [-0.25, -0.2) is 4.98 Å². The second-order valence-electron chi connectivity index (χ2n) is 3.77. The molecule has 0 spiro atoms. The summed E-state index contributed by atoms with van der Waals surface area (Å²) < 4.78 is 0.855. The Morgan fingerprint density at radius 2 is 1.82 bits per heavy atom. The molecule has 0 aliphatic heterocycles. The van der Waals surface area contributed by atoms with E-state index >= 15 is 0 Å². The number of carbonyl (C=O) groups excluding carboxylic acids is 2. The maximum atomic E-state index is 12.1. The Bertz CT molecular complexity index is 664. The lowest BCUT2D eigenvalue weighted by Crippen LogP contribution is -1.96. The molecule has 0 N–H and O–H groups in total. The Balaban J connectivity index is 2.32. The van der Waals surface area contributed by atoms with Crippen LogP contribution in [0.4, 0.5) is 0 Å². The van der Waals surface area contributed by atoms with Crippen LogP contribution in [-0.2, 0) is 0 Å². The standard InChI is InChI=1S/C13H6BrNO2/c14-7-1-3-9-11(5-7)13(17)10-4-2-8(6-16)15-12(9)10/h1-6H. The lowest BCUT2D eigenvalue weighted by Gasteiger charge is -1.99. The molecular weight excluding hydrogens is 282 g/mol. The van der Waals surface area contributed by atoms with Crippen molar-refractivity contribution in [2.75, 3.05) is 0 Å². The van der Waals surface area contributed by atoms with Gasteiger partial charge in [0, 0.05) is 21.2 Å². The number of rotatable bonds is 1. The molecule has 0 bridgehead atoms. The average molecular weight is 288 g/mol. The van der Waals surface area contributed by atoms with Crippen LogP contribution in [0.2, 0.25) is 0 Å². The fraction of sp³-hybridized carbons (Fsp3) is 0. The van der Waals surface area contributed by atoms with E-state index in [0.29, 0.717) is 28.8 Å². The Morgan fingerprint density at radius 1 is 1.06 bits per heavy atom. The maximum absolute atomic E-state index is 12.1. The van der Waals surface area contributed by atoms with Crippen molar-refractivity contribution in [2.45, 2.75) is 0 Å². The first kappa shape index (κ1) is 10.4. The van der Waals surface area contributed by atoms with E-state index < -0.39 is 0 Å². The van der Waals surface area contributed by atoms with Crippen LogP contribution in [0.3, 0.4) is 0 Å². The molecule has 0 saturated heterocycles. The Morgan fingerprint density at radius 3 is 2.59 bits per heavy atom. The smallest absolute Gasteiger partial charge is 0.195 e. The molecule has 0 radical (unpaired) electrons. The number of carbonyl (C=O) groups is 2. The van der Waals surface area contributed by atoms with Crippen LogP contribution in [0.5, 0.6) is 0 Å². The number of benzene rings is 1. The first-order valence-electron chi connectivity index (χ1n) is 5.01. The van der Waals surface area contributed by atoms with Gasteiger partial charge in [0.05, 0.1) is 5.69 Å². The molecule has 1 aromatic heterocycles. The predicted molar refractivity (Wildman–Crippen MR) is 66.2 cm³/mol. The Kier molecular flexibility index (Phi) is 2.19.